The molecule has 0 saturated carbocycles. The minimum Gasteiger partial charge on any atom is -0.384 e. The third-order valence-corrected chi connectivity index (χ3v) is 6.32. The van der Waals surface area contributed by atoms with Gasteiger partial charge in [0.05, 0.1) is 18.0 Å². The molecule has 11 heteroatoms. The van der Waals surface area contributed by atoms with Gasteiger partial charge in [0.1, 0.15) is 11.4 Å². The molecule has 0 saturated heterocycles. The van der Waals surface area contributed by atoms with Crippen molar-refractivity contribution in [3.05, 3.63) is 91.6 Å². The number of hydrogen-bond acceptors (Lipinski definition) is 8. The van der Waals surface area contributed by atoms with Crippen molar-refractivity contribution in [1.29, 1.82) is 0 Å². The van der Waals surface area contributed by atoms with Crippen molar-refractivity contribution < 1.29 is 4.79 Å². The van der Waals surface area contributed by atoms with Gasteiger partial charge in [-0.25, -0.2) is 4.79 Å². The van der Waals surface area contributed by atoms with Crippen molar-refractivity contribution in [2.24, 2.45) is 7.05 Å². The highest BCUT2D eigenvalue weighted by Crippen LogP contribution is 2.22. The van der Waals surface area contributed by atoms with Crippen molar-refractivity contribution in [2.75, 3.05) is 11.5 Å². The van der Waals surface area contributed by atoms with Crippen LogP contribution in [0.2, 0.25) is 0 Å². The van der Waals surface area contributed by atoms with Gasteiger partial charge in [0, 0.05) is 7.05 Å². The molecule has 0 radical (unpaired) electrons. The molecule has 174 valence electrons. The van der Waals surface area contributed by atoms with Crippen LogP contribution in [0.5, 0.6) is 0 Å². The van der Waals surface area contributed by atoms with Gasteiger partial charge in [-0.3, -0.25) is 18.7 Å². The van der Waals surface area contributed by atoms with Gasteiger partial charge < -0.3 is 5.73 Å². The van der Waals surface area contributed by atoms with Gasteiger partial charge in [-0.05, 0) is 41.5 Å². The van der Waals surface area contributed by atoms with E-state index in [-0.39, 0.29) is 23.7 Å². The van der Waals surface area contributed by atoms with Gasteiger partial charge in [-0.15, -0.1) is 5.10 Å². The molecule has 0 aliphatic heterocycles. The monoisotopic (exact) mass is 477 g/mol. The molecular formula is C23H23N7O3S. The third-order valence-electron chi connectivity index (χ3n) is 5.40. The summed E-state index contributed by atoms with van der Waals surface area (Å²) in [6.07, 6.45) is 0. The number of tetrazole rings is 1. The van der Waals surface area contributed by atoms with Crippen molar-refractivity contribution in [2.45, 2.75) is 25.5 Å². The number of benzene rings is 2. The largest absolute Gasteiger partial charge is 0.384 e. The molecule has 2 aromatic heterocycles. The van der Waals surface area contributed by atoms with Crippen molar-refractivity contribution >= 4 is 23.4 Å². The molecule has 2 heterocycles. The Kier molecular flexibility index (Phi) is 6.46. The lowest BCUT2D eigenvalue weighted by Gasteiger charge is -2.14. The minimum absolute atomic E-state index is 0.131. The first-order valence-corrected chi connectivity index (χ1v) is 11.4. The Balaban J connectivity index is 1.63. The van der Waals surface area contributed by atoms with Crippen molar-refractivity contribution in [3.63, 3.8) is 0 Å². The highest BCUT2D eigenvalue weighted by molar-refractivity contribution is 7.99. The predicted octanol–water partition coefficient (Wildman–Crippen LogP) is 1.75. The Morgan fingerprint density at radius 2 is 1.82 bits per heavy atom. The Morgan fingerprint density at radius 3 is 2.53 bits per heavy atom. The topological polar surface area (TPSA) is 131 Å². The summed E-state index contributed by atoms with van der Waals surface area (Å²) >= 11 is 1.09. The summed E-state index contributed by atoms with van der Waals surface area (Å²) in [4.78, 5) is 38.6. The van der Waals surface area contributed by atoms with E-state index < -0.39 is 17.0 Å². The number of aromatic nitrogens is 6. The molecule has 10 nitrogen and oxygen atoms in total. The summed E-state index contributed by atoms with van der Waals surface area (Å²) in [5.41, 5.74) is 8.33. The number of carbonyl (C=O) groups excluding carboxylic acids is 1. The van der Waals surface area contributed by atoms with Crippen LogP contribution in [0.4, 0.5) is 5.82 Å². The summed E-state index contributed by atoms with van der Waals surface area (Å²) in [6.45, 7) is 4.08. The highest BCUT2D eigenvalue weighted by Gasteiger charge is 2.23. The Hall–Kier alpha value is -3.99. The number of anilines is 1. The molecule has 2 aromatic carbocycles. The lowest BCUT2D eigenvalue weighted by atomic mass is 10.1. The Morgan fingerprint density at radius 1 is 1.09 bits per heavy atom. The maximum atomic E-state index is 13.1. The van der Waals surface area contributed by atoms with Gasteiger partial charge in [0.2, 0.25) is 5.16 Å². The van der Waals surface area contributed by atoms with Gasteiger partial charge in [-0.1, -0.05) is 59.8 Å². The first-order valence-electron chi connectivity index (χ1n) is 10.4. The number of ketones is 1. The van der Waals surface area contributed by atoms with Crippen molar-refractivity contribution in [3.8, 4) is 5.69 Å². The van der Waals surface area contributed by atoms with Crippen LogP contribution >= 0.6 is 11.8 Å². The van der Waals surface area contributed by atoms with Gasteiger partial charge in [-0.2, -0.15) is 4.68 Å². The average Bonchev–Trinajstić information content (AvgIpc) is 3.28. The molecule has 0 fully saturated rings. The SMILES string of the molecule is Cc1ccc(-n2nnnc2SCC(=O)c2c(N)n(Cc3ccccc3)c(=O)n(C)c2=O)c(C)c1. The quantitative estimate of drug-likeness (QED) is 0.315. The first kappa shape index (κ1) is 23.2. The maximum absolute atomic E-state index is 13.1. The summed E-state index contributed by atoms with van der Waals surface area (Å²) < 4.78 is 3.68. The summed E-state index contributed by atoms with van der Waals surface area (Å²) in [5.74, 6) is -0.800. The van der Waals surface area contributed by atoms with Gasteiger partial charge in [0.15, 0.2) is 5.78 Å². The fraction of sp³-hybridized carbons (Fsp3) is 0.217. The number of thioether (sulfide) groups is 1. The van der Waals surface area contributed by atoms with E-state index in [0.29, 0.717) is 5.16 Å². The van der Waals surface area contributed by atoms with E-state index in [2.05, 4.69) is 15.5 Å². The smallest absolute Gasteiger partial charge is 0.332 e. The fourth-order valence-electron chi connectivity index (χ4n) is 3.63. The van der Waals surface area contributed by atoms with E-state index in [4.69, 9.17) is 5.73 Å². The molecule has 4 rings (SSSR count). The molecule has 34 heavy (non-hydrogen) atoms. The highest BCUT2D eigenvalue weighted by atomic mass is 32.2. The van der Waals surface area contributed by atoms with Crippen LogP contribution in [0.1, 0.15) is 27.0 Å². The first-order chi connectivity index (χ1) is 16.3. The number of carbonyl (C=O) groups is 1. The van der Waals surface area contributed by atoms with Crippen molar-refractivity contribution in [1.82, 2.24) is 29.3 Å². The number of hydrogen-bond donors (Lipinski definition) is 1. The molecule has 0 bridgehead atoms. The molecule has 0 unspecified atom stereocenters. The number of rotatable bonds is 7. The van der Waals surface area contributed by atoms with E-state index in [1.54, 1.807) is 4.68 Å². The number of Topliss-reactive ketones (excluding diaryl/α,β-unsaturated/α-hetero) is 1. The fourth-order valence-corrected chi connectivity index (χ4v) is 4.39. The van der Waals surface area contributed by atoms with E-state index in [1.165, 1.54) is 11.6 Å². The predicted molar refractivity (Wildman–Crippen MR) is 130 cm³/mol. The normalized spacial score (nSPS) is 11.0. The number of nitrogens with zero attached hydrogens (tertiary/aromatic N) is 6. The number of aryl methyl sites for hydroxylation is 2. The Labute approximate surface area is 199 Å². The standard InChI is InChI=1S/C23H23N7O3S/c1-14-9-10-17(15(2)11-14)30-22(25-26-27-30)34-13-18(31)19-20(24)29(23(33)28(3)21(19)32)12-16-7-5-4-6-8-16/h4-11H,12-13,24H2,1-3H3. The molecule has 0 aliphatic carbocycles. The Bertz CT molecular complexity index is 1490. The van der Waals surface area contributed by atoms with Crippen LogP contribution in [0, 0.1) is 13.8 Å². The third kappa shape index (κ3) is 4.42. The van der Waals surface area contributed by atoms with Gasteiger partial charge in [0.25, 0.3) is 5.56 Å². The lowest BCUT2D eigenvalue weighted by molar-refractivity contribution is 0.102. The second kappa shape index (κ2) is 9.48. The van der Waals surface area contributed by atoms with E-state index in [1.807, 2.05) is 62.4 Å². The zero-order chi connectivity index (χ0) is 24.4. The van der Waals surface area contributed by atoms with Crippen LogP contribution < -0.4 is 17.0 Å². The summed E-state index contributed by atoms with van der Waals surface area (Å²) in [7, 11) is 1.33. The molecule has 0 spiro atoms. The van der Waals surface area contributed by atoms with Gasteiger partial charge >= 0.3 is 5.69 Å². The minimum atomic E-state index is -0.730. The summed E-state index contributed by atoms with van der Waals surface area (Å²) in [5, 5.41) is 12.2. The molecular weight excluding hydrogens is 454 g/mol. The number of nitrogens with two attached hydrogens (primary N) is 1. The zero-order valence-corrected chi connectivity index (χ0v) is 19.7. The number of nitrogen functional groups attached to an aromatic ring is 1. The second-order valence-corrected chi connectivity index (χ2v) is 8.80. The summed E-state index contributed by atoms with van der Waals surface area (Å²) in [6, 6.07) is 15.1. The van der Waals surface area contributed by atoms with E-state index >= 15 is 0 Å². The van der Waals surface area contributed by atoms with Crippen LogP contribution in [-0.2, 0) is 13.6 Å². The van der Waals surface area contributed by atoms with Crippen LogP contribution in [0.15, 0.2) is 63.3 Å². The van der Waals surface area contributed by atoms with E-state index in [9.17, 15) is 14.4 Å². The molecule has 4 aromatic rings. The van der Waals surface area contributed by atoms with Crippen LogP contribution in [0.3, 0.4) is 0 Å². The van der Waals surface area contributed by atoms with Crippen LogP contribution in [0.25, 0.3) is 5.69 Å². The molecule has 0 aliphatic rings. The molecule has 0 amide bonds. The van der Waals surface area contributed by atoms with E-state index in [0.717, 1.165) is 38.7 Å². The second-order valence-electron chi connectivity index (χ2n) is 7.85. The lowest BCUT2D eigenvalue weighted by Crippen LogP contribution is -2.43. The maximum Gasteiger partial charge on any atom is 0.332 e. The average molecular weight is 478 g/mol. The molecule has 0 atom stereocenters. The zero-order valence-electron chi connectivity index (χ0n) is 18.9. The molecule has 2 N–H and O–H groups in total. The van der Waals surface area contributed by atoms with Crippen LogP contribution in [-0.4, -0.2) is 40.9 Å².